The van der Waals surface area contributed by atoms with Crippen molar-refractivity contribution >= 4 is 28.5 Å². The maximum atomic E-state index is 12.1. The molecule has 7 heteroatoms. The van der Waals surface area contributed by atoms with Gasteiger partial charge < -0.3 is 14.7 Å². The number of rotatable bonds is 2. The van der Waals surface area contributed by atoms with E-state index in [1.54, 1.807) is 18.2 Å². The summed E-state index contributed by atoms with van der Waals surface area (Å²) in [4.78, 5) is 27.9. The molecular weight excluding hydrogens is 392 g/mol. The normalized spacial score (nSPS) is 15.6. The largest absolute Gasteiger partial charge is 0.507 e. The van der Waals surface area contributed by atoms with E-state index in [4.69, 9.17) is 14.7 Å². The zero-order valence-electron chi connectivity index (χ0n) is 18.2. The summed E-state index contributed by atoms with van der Waals surface area (Å²) >= 11 is 0. The molecule has 0 atom stereocenters. The summed E-state index contributed by atoms with van der Waals surface area (Å²) in [5, 5.41) is 11.2. The number of para-hydroxylation sites is 1. The Morgan fingerprint density at radius 2 is 1.94 bits per heavy atom. The minimum atomic E-state index is -0.577. The van der Waals surface area contributed by atoms with Gasteiger partial charge in [0.25, 0.3) is 0 Å². The van der Waals surface area contributed by atoms with Crippen LogP contribution in [0, 0.1) is 6.92 Å². The van der Waals surface area contributed by atoms with Gasteiger partial charge in [-0.15, -0.1) is 0 Å². The Morgan fingerprint density at radius 3 is 2.68 bits per heavy atom. The third-order valence-corrected chi connectivity index (χ3v) is 4.96. The Morgan fingerprint density at radius 1 is 1.16 bits per heavy atom. The first-order chi connectivity index (χ1) is 14.7. The molecule has 1 fully saturated rings. The zero-order valence-corrected chi connectivity index (χ0v) is 18.2. The first-order valence-electron chi connectivity index (χ1n) is 10.3. The summed E-state index contributed by atoms with van der Waals surface area (Å²) in [6, 6.07) is 13.1. The number of hydrogen-bond donors (Lipinski definition) is 1. The van der Waals surface area contributed by atoms with Gasteiger partial charge in [-0.3, -0.25) is 0 Å². The van der Waals surface area contributed by atoms with Gasteiger partial charge in [0.15, 0.2) is 5.82 Å². The summed E-state index contributed by atoms with van der Waals surface area (Å²) in [5.74, 6) is 1.36. The average molecular weight is 418 g/mol. The molecule has 1 aromatic heterocycles. The number of ether oxygens (including phenoxy) is 1. The first-order valence-corrected chi connectivity index (χ1v) is 10.3. The number of aryl methyl sites for hydroxylation is 1. The van der Waals surface area contributed by atoms with E-state index in [-0.39, 0.29) is 5.75 Å². The van der Waals surface area contributed by atoms with Crippen LogP contribution in [0.2, 0.25) is 0 Å². The van der Waals surface area contributed by atoms with Gasteiger partial charge in [0.1, 0.15) is 17.2 Å². The molecule has 1 aliphatic heterocycles. The van der Waals surface area contributed by atoms with Gasteiger partial charge in [0, 0.05) is 24.1 Å². The summed E-state index contributed by atoms with van der Waals surface area (Å²) in [7, 11) is 0. The van der Waals surface area contributed by atoms with Crippen molar-refractivity contribution in [3.63, 3.8) is 0 Å². The molecule has 1 saturated heterocycles. The van der Waals surface area contributed by atoms with Gasteiger partial charge in [0.2, 0.25) is 0 Å². The molecule has 7 nitrogen and oxygen atoms in total. The Hall–Kier alpha value is -3.48. The summed E-state index contributed by atoms with van der Waals surface area (Å²) in [5.41, 5.74) is 2.66. The van der Waals surface area contributed by atoms with Crippen LogP contribution in [0.3, 0.4) is 0 Å². The molecule has 160 valence electrons. The van der Waals surface area contributed by atoms with Gasteiger partial charge in [-0.05, 0) is 57.5 Å². The van der Waals surface area contributed by atoms with Crippen molar-refractivity contribution in [2.45, 2.75) is 39.7 Å². The SMILES string of the molecule is Cc1ccc2c(N3CC/C(=N/C(=O)OC(C)(C)C)C3)nc(-c3ccccc3O)nc2c1. The molecule has 4 rings (SSSR count). The summed E-state index contributed by atoms with van der Waals surface area (Å²) in [6.07, 6.45) is 0.0881. The molecular formula is C24H26N4O3. The molecule has 1 N–H and O–H groups in total. The highest BCUT2D eigenvalue weighted by atomic mass is 16.6. The van der Waals surface area contributed by atoms with E-state index < -0.39 is 11.7 Å². The number of fused-ring (bicyclic) bond motifs is 1. The van der Waals surface area contributed by atoms with Gasteiger partial charge in [0.05, 0.1) is 17.6 Å². The average Bonchev–Trinajstić information content (AvgIpc) is 3.13. The molecule has 0 bridgehead atoms. The van der Waals surface area contributed by atoms with Crippen molar-refractivity contribution in [1.29, 1.82) is 0 Å². The van der Waals surface area contributed by atoms with Crippen LogP contribution in [0.1, 0.15) is 32.8 Å². The molecule has 0 aliphatic carbocycles. The second-order valence-corrected chi connectivity index (χ2v) is 8.74. The lowest BCUT2D eigenvalue weighted by Crippen LogP contribution is -2.24. The highest BCUT2D eigenvalue weighted by molar-refractivity contribution is 6.01. The monoisotopic (exact) mass is 418 g/mol. The predicted octanol–water partition coefficient (Wildman–Crippen LogP) is 4.90. The number of benzene rings is 2. The summed E-state index contributed by atoms with van der Waals surface area (Å²) < 4.78 is 5.32. The van der Waals surface area contributed by atoms with E-state index in [1.165, 1.54) is 0 Å². The second kappa shape index (κ2) is 7.98. The van der Waals surface area contributed by atoms with E-state index >= 15 is 0 Å². The first kappa shape index (κ1) is 20.8. The van der Waals surface area contributed by atoms with E-state index in [0.717, 1.165) is 28.0 Å². The van der Waals surface area contributed by atoms with E-state index in [2.05, 4.69) is 9.89 Å². The minimum absolute atomic E-state index is 0.133. The number of carbonyl (C=O) groups excluding carboxylic acids is 1. The third kappa shape index (κ3) is 4.66. The number of aliphatic imine (C=N–C) groups is 1. The lowest BCUT2D eigenvalue weighted by atomic mass is 10.1. The number of phenols is 1. The van der Waals surface area contributed by atoms with Crippen LogP contribution in [-0.2, 0) is 4.74 Å². The molecule has 31 heavy (non-hydrogen) atoms. The minimum Gasteiger partial charge on any atom is -0.507 e. The Balaban J connectivity index is 1.72. The summed E-state index contributed by atoms with van der Waals surface area (Å²) in [6.45, 7) is 8.65. The standard InChI is InChI=1S/C24H26N4O3/c1-15-9-10-17-19(13-15)26-21(18-7-5-6-8-20(18)29)27-22(17)28-12-11-16(14-28)25-23(30)31-24(2,3)4/h5-10,13,29H,11-12,14H2,1-4H3/b25-16-. The van der Waals surface area contributed by atoms with Crippen LogP contribution >= 0.6 is 0 Å². The van der Waals surface area contributed by atoms with Crippen LogP contribution in [0.25, 0.3) is 22.3 Å². The fourth-order valence-corrected chi connectivity index (χ4v) is 3.58. The number of phenolic OH excluding ortho intramolecular Hbond substituents is 1. The van der Waals surface area contributed by atoms with Gasteiger partial charge in [-0.25, -0.2) is 14.8 Å². The van der Waals surface area contributed by atoms with Crippen molar-refractivity contribution in [3.8, 4) is 17.1 Å². The van der Waals surface area contributed by atoms with E-state index in [1.807, 2.05) is 52.0 Å². The molecule has 0 unspecified atom stereocenters. The predicted molar refractivity (Wildman–Crippen MR) is 122 cm³/mol. The molecule has 1 aliphatic rings. The van der Waals surface area contributed by atoms with Crippen molar-refractivity contribution in [3.05, 3.63) is 48.0 Å². The van der Waals surface area contributed by atoms with E-state index in [0.29, 0.717) is 30.9 Å². The Bertz CT molecular complexity index is 1180. The van der Waals surface area contributed by atoms with Gasteiger partial charge >= 0.3 is 6.09 Å². The maximum absolute atomic E-state index is 12.1. The molecule has 3 aromatic rings. The molecule has 2 aromatic carbocycles. The third-order valence-electron chi connectivity index (χ3n) is 4.96. The second-order valence-electron chi connectivity index (χ2n) is 8.74. The van der Waals surface area contributed by atoms with Gasteiger partial charge in [-0.2, -0.15) is 4.99 Å². The van der Waals surface area contributed by atoms with Gasteiger partial charge in [-0.1, -0.05) is 18.2 Å². The number of nitrogens with zero attached hydrogens (tertiary/aromatic N) is 4. The highest BCUT2D eigenvalue weighted by Gasteiger charge is 2.25. The fraction of sp³-hybridized carbons (Fsp3) is 0.333. The number of amides is 1. The van der Waals surface area contributed by atoms with Crippen LogP contribution in [0.4, 0.5) is 10.6 Å². The van der Waals surface area contributed by atoms with Crippen LogP contribution < -0.4 is 4.90 Å². The molecule has 0 saturated carbocycles. The van der Waals surface area contributed by atoms with Crippen molar-refractivity contribution in [2.24, 2.45) is 4.99 Å². The van der Waals surface area contributed by atoms with Crippen LogP contribution in [-0.4, -0.2) is 45.6 Å². The molecule has 0 spiro atoms. The number of carbonyl (C=O) groups is 1. The topological polar surface area (TPSA) is 87.9 Å². The van der Waals surface area contributed by atoms with Crippen molar-refractivity contribution in [2.75, 3.05) is 18.0 Å². The number of aromatic nitrogens is 2. The van der Waals surface area contributed by atoms with Crippen molar-refractivity contribution in [1.82, 2.24) is 9.97 Å². The molecule has 1 amide bonds. The number of aromatic hydroxyl groups is 1. The van der Waals surface area contributed by atoms with Crippen LogP contribution in [0.15, 0.2) is 47.5 Å². The van der Waals surface area contributed by atoms with Crippen molar-refractivity contribution < 1.29 is 14.6 Å². The lowest BCUT2D eigenvalue weighted by molar-refractivity contribution is 0.0604. The maximum Gasteiger partial charge on any atom is 0.434 e. The number of anilines is 1. The van der Waals surface area contributed by atoms with E-state index in [9.17, 15) is 9.90 Å². The Labute approximate surface area is 181 Å². The smallest absolute Gasteiger partial charge is 0.434 e. The van der Waals surface area contributed by atoms with Crippen LogP contribution in [0.5, 0.6) is 5.75 Å². The molecule has 2 heterocycles. The Kier molecular flexibility index (Phi) is 5.35. The fourth-order valence-electron chi connectivity index (χ4n) is 3.58. The lowest BCUT2D eigenvalue weighted by Gasteiger charge is -2.19. The number of hydrogen-bond acceptors (Lipinski definition) is 6. The molecule has 0 radical (unpaired) electrons. The zero-order chi connectivity index (χ0) is 22.2. The highest BCUT2D eigenvalue weighted by Crippen LogP contribution is 2.33. The quantitative estimate of drug-likeness (QED) is 0.637.